The molecule has 0 radical (unpaired) electrons. The summed E-state index contributed by atoms with van der Waals surface area (Å²) in [6.07, 6.45) is 1.19. The van der Waals surface area contributed by atoms with Gasteiger partial charge in [-0.1, -0.05) is 37.3 Å². The molecule has 1 fully saturated rings. The Balaban J connectivity index is 1.86. The van der Waals surface area contributed by atoms with E-state index in [1.807, 2.05) is 18.2 Å². The minimum Gasteiger partial charge on any atom is -0.381 e. The van der Waals surface area contributed by atoms with Crippen LogP contribution in [0.4, 0.5) is 0 Å². The first-order chi connectivity index (χ1) is 9.12. The number of carbonyl (C=O) groups is 1. The molecule has 3 N–H and O–H groups in total. The Kier molecular flexibility index (Phi) is 4.56. The number of hydrogen-bond acceptors (Lipinski definition) is 3. The van der Waals surface area contributed by atoms with Gasteiger partial charge >= 0.3 is 0 Å². The summed E-state index contributed by atoms with van der Waals surface area (Å²) in [5.74, 6) is 0.229. The van der Waals surface area contributed by atoms with E-state index >= 15 is 0 Å². The predicted molar refractivity (Wildman–Crippen MR) is 74.8 cm³/mol. The van der Waals surface area contributed by atoms with Crippen molar-refractivity contribution in [2.75, 3.05) is 19.8 Å². The van der Waals surface area contributed by atoms with Crippen molar-refractivity contribution in [3.63, 3.8) is 0 Å². The van der Waals surface area contributed by atoms with Crippen molar-refractivity contribution in [3.8, 4) is 0 Å². The molecule has 1 aliphatic heterocycles. The topological polar surface area (TPSA) is 64.4 Å². The van der Waals surface area contributed by atoms with Crippen molar-refractivity contribution in [3.05, 3.63) is 35.9 Å². The van der Waals surface area contributed by atoms with Gasteiger partial charge in [-0.25, -0.2) is 0 Å². The summed E-state index contributed by atoms with van der Waals surface area (Å²) in [4.78, 5) is 12.2. The van der Waals surface area contributed by atoms with Crippen LogP contribution in [0.25, 0.3) is 0 Å². The van der Waals surface area contributed by atoms with Crippen LogP contribution in [0.15, 0.2) is 30.3 Å². The Labute approximate surface area is 114 Å². The molecule has 4 heteroatoms. The van der Waals surface area contributed by atoms with Crippen molar-refractivity contribution in [1.82, 2.24) is 5.32 Å². The van der Waals surface area contributed by atoms with Gasteiger partial charge in [0.1, 0.15) is 0 Å². The summed E-state index contributed by atoms with van der Waals surface area (Å²) in [6.45, 7) is 3.85. The van der Waals surface area contributed by atoms with Gasteiger partial charge in [-0.05, 0) is 24.3 Å². The second-order valence-corrected chi connectivity index (χ2v) is 5.29. The molecule has 0 bridgehead atoms. The highest BCUT2D eigenvalue weighted by Gasteiger charge is 2.35. The maximum atomic E-state index is 12.2. The molecule has 1 unspecified atom stereocenters. The second kappa shape index (κ2) is 6.17. The maximum Gasteiger partial charge on any atom is 0.240 e. The molecule has 1 aromatic rings. The first kappa shape index (κ1) is 14.0. The van der Waals surface area contributed by atoms with Crippen LogP contribution in [0.3, 0.4) is 0 Å². The van der Waals surface area contributed by atoms with Gasteiger partial charge in [-0.15, -0.1) is 0 Å². The summed E-state index contributed by atoms with van der Waals surface area (Å²) in [5, 5.41) is 2.97. The van der Waals surface area contributed by atoms with Crippen molar-refractivity contribution >= 4 is 5.91 Å². The van der Waals surface area contributed by atoms with E-state index < -0.39 is 5.54 Å². The van der Waals surface area contributed by atoms with E-state index in [1.54, 1.807) is 0 Å². The average Bonchev–Trinajstić information content (AvgIpc) is 2.46. The molecule has 0 saturated carbocycles. The van der Waals surface area contributed by atoms with Gasteiger partial charge in [0.2, 0.25) is 5.91 Å². The number of ether oxygens (including phenoxy) is 1. The molecule has 2 rings (SSSR count). The van der Waals surface area contributed by atoms with E-state index in [0.717, 1.165) is 0 Å². The summed E-state index contributed by atoms with van der Waals surface area (Å²) >= 11 is 0. The monoisotopic (exact) mass is 262 g/mol. The average molecular weight is 262 g/mol. The first-order valence-corrected chi connectivity index (χ1v) is 6.82. The first-order valence-electron chi connectivity index (χ1n) is 6.82. The number of nitrogens with two attached hydrogens (primary N) is 1. The van der Waals surface area contributed by atoms with Crippen molar-refractivity contribution in [1.29, 1.82) is 0 Å². The molecule has 1 heterocycles. The van der Waals surface area contributed by atoms with E-state index in [-0.39, 0.29) is 11.8 Å². The van der Waals surface area contributed by atoms with Crippen molar-refractivity contribution < 1.29 is 9.53 Å². The van der Waals surface area contributed by atoms with Gasteiger partial charge in [0.05, 0.1) is 5.54 Å². The summed E-state index contributed by atoms with van der Waals surface area (Å²) in [7, 11) is 0. The van der Waals surface area contributed by atoms with Gasteiger partial charge < -0.3 is 15.8 Å². The molecule has 4 nitrogen and oxygen atoms in total. The SMILES string of the molecule is CC(CNC(=O)C1(N)CCOCC1)c1ccccc1. The molecular formula is C15H22N2O2. The molecule has 1 saturated heterocycles. The number of rotatable bonds is 4. The van der Waals surface area contributed by atoms with E-state index in [4.69, 9.17) is 10.5 Å². The van der Waals surface area contributed by atoms with Crippen LogP contribution in [0.1, 0.15) is 31.2 Å². The Bertz CT molecular complexity index is 413. The van der Waals surface area contributed by atoms with Crippen LogP contribution < -0.4 is 11.1 Å². The van der Waals surface area contributed by atoms with E-state index in [0.29, 0.717) is 32.6 Å². The van der Waals surface area contributed by atoms with E-state index in [9.17, 15) is 4.79 Å². The van der Waals surface area contributed by atoms with E-state index in [1.165, 1.54) is 5.56 Å². The zero-order valence-corrected chi connectivity index (χ0v) is 11.4. The molecule has 1 aromatic carbocycles. The van der Waals surface area contributed by atoms with Crippen LogP contribution in [0, 0.1) is 0 Å². The molecule has 0 aromatic heterocycles. The van der Waals surface area contributed by atoms with Crippen molar-refractivity contribution in [2.24, 2.45) is 5.73 Å². The lowest BCUT2D eigenvalue weighted by Crippen LogP contribution is -2.57. The standard InChI is InChI=1S/C15H22N2O2/c1-12(13-5-3-2-4-6-13)11-17-14(18)15(16)7-9-19-10-8-15/h2-6,12H,7-11,16H2,1H3,(H,17,18). The largest absolute Gasteiger partial charge is 0.381 e. The van der Waals surface area contributed by atoms with Crippen LogP contribution in [0.2, 0.25) is 0 Å². The molecule has 19 heavy (non-hydrogen) atoms. The van der Waals surface area contributed by atoms with Crippen LogP contribution in [-0.2, 0) is 9.53 Å². The fraction of sp³-hybridized carbons (Fsp3) is 0.533. The van der Waals surface area contributed by atoms with Crippen LogP contribution >= 0.6 is 0 Å². The highest BCUT2D eigenvalue weighted by atomic mass is 16.5. The number of hydrogen-bond donors (Lipinski definition) is 2. The highest BCUT2D eigenvalue weighted by Crippen LogP contribution is 2.19. The second-order valence-electron chi connectivity index (χ2n) is 5.29. The minimum absolute atomic E-state index is 0.0569. The zero-order valence-electron chi connectivity index (χ0n) is 11.4. The number of benzene rings is 1. The Hall–Kier alpha value is -1.39. The number of nitrogens with one attached hydrogen (secondary N) is 1. The third-order valence-electron chi connectivity index (χ3n) is 3.77. The lowest BCUT2D eigenvalue weighted by Gasteiger charge is -2.32. The van der Waals surface area contributed by atoms with Crippen molar-refractivity contribution in [2.45, 2.75) is 31.2 Å². The van der Waals surface area contributed by atoms with Gasteiger partial charge in [-0.3, -0.25) is 4.79 Å². The fourth-order valence-electron chi connectivity index (χ4n) is 2.28. The van der Waals surface area contributed by atoms with Gasteiger partial charge in [0, 0.05) is 19.8 Å². The lowest BCUT2D eigenvalue weighted by atomic mass is 9.90. The Morgan fingerprint density at radius 3 is 2.63 bits per heavy atom. The molecular weight excluding hydrogens is 240 g/mol. The summed E-state index contributed by atoms with van der Waals surface area (Å²) in [5.41, 5.74) is 6.60. The van der Waals surface area contributed by atoms with E-state index in [2.05, 4.69) is 24.4 Å². The summed E-state index contributed by atoms with van der Waals surface area (Å²) < 4.78 is 5.25. The van der Waals surface area contributed by atoms with Gasteiger partial charge in [0.25, 0.3) is 0 Å². The van der Waals surface area contributed by atoms with Crippen LogP contribution in [0.5, 0.6) is 0 Å². The molecule has 0 spiro atoms. The Morgan fingerprint density at radius 2 is 2.00 bits per heavy atom. The summed E-state index contributed by atoms with van der Waals surface area (Å²) in [6, 6.07) is 10.2. The van der Waals surface area contributed by atoms with Gasteiger partial charge in [0.15, 0.2) is 0 Å². The maximum absolute atomic E-state index is 12.2. The number of carbonyl (C=O) groups excluding carboxylic acids is 1. The molecule has 104 valence electrons. The Morgan fingerprint density at radius 1 is 1.37 bits per heavy atom. The van der Waals surface area contributed by atoms with Crippen LogP contribution in [-0.4, -0.2) is 31.2 Å². The number of amides is 1. The van der Waals surface area contributed by atoms with Gasteiger partial charge in [-0.2, -0.15) is 0 Å². The normalized spacial score (nSPS) is 19.7. The molecule has 1 aliphatic rings. The third-order valence-corrected chi connectivity index (χ3v) is 3.77. The lowest BCUT2D eigenvalue weighted by molar-refractivity contribution is -0.129. The predicted octanol–water partition coefficient (Wildman–Crippen LogP) is 1.41. The quantitative estimate of drug-likeness (QED) is 0.862. The smallest absolute Gasteiger partial charge is 0.240 e. The fourth-order valence-corrected chi connectivity index (χ4v) is 2.28. The highest BCUT2D eigenvalue weighted by molar-refractivity contribution is 5.86. The molecule has 0 aliphatic carbocycles. The molecule has 1 atom stereocenters. The minimum atomic E-state index is -0.755. The molecule has 1 amide bonds. The zero-order chi connectivity index (χ0) is 13.7. The third kappa shape index (κ3) is 3.55.